The molecule has 0 unspecified atom stereocenters. The van der Waals surface area contributed by atoms with Gasteiger partial charge in [-0.3, -0.25) is 9.59 Å². The smallest absolute Gasteiger partial charge is 0.251 e. The quantitative estimate of drug-likeness (QED) is 0.586. The van der Waals surface area contributed by atoms with Crippen molar-refractivity contribution in [2.24, 2.45) is 23.2 Å². The van der Waals surface area contributed by atoms with Gasteiger partial charge in [-0.25, -0.2) is 0 Å². The maximum absolute atomic E-state index is 13.1. The second-order valence-corrected chi connectivity index (χ2v) is 10.4. The first kappa shape index (κ1) is 21.2. The molecule has 32 heavy (non-hydrogen) atoms. The normalized spacial score (nSPS) is 27.8. The lowest BCUT2D eigenvalue weighted by molar-refractivity contribution is -0.146. The van der Waals surface area contributed by atoms with Crippen molar-refractivity contribution >= 4 is 11.8 Å². The van der Waals surface area contributed by atoms with Crippen LogP contribution in [0.5, 0.6) is 0 Å². The molecule has 0 radical (unpaired) electrons. The lowest BCUT2D eigenvalue weighted by Crippen LogP contribution is -2.53. The minimum absolute atomic E-state index is 0.0396. The molecule has 6 rings (SSSR count). The van der Waals surface area contributed by atoms with Crippen molar-refractivity contribution in [1.82, 2.24) is 10.6 Å². The average molecular weight is 431 g/mol. The third kappa shape index (κ3) is 4.60. The van der Waals surface area contributed by atoms with Crippen LogP contribution in [0.4, 0.5) is 0 Å². The predicted octanol–water partition coefficient (Wildman–Crippen LogP) is 4.88. The molecule has 4 fully saturated rings. The highest BCUT2D eigenvalue weighted by Crippen LogP contribution is 2.60. The molecule has 4 bridgehead atoms. The first-order chi connectivity index (χ1) is 15.6. The summed E-state index contributed by atoms with van der Waals surface area (Å²) in [6, 6.07) is 18.0. The first-order valence-corrected chi connectivity index (χ1v) is 12.3. The van der Waals surface area contributed by atoms with E-state index in [1.165, 1.54) is 24.8 Å². The van der Waals surface area contributed by atoms with Gasteiger partial charge in [-0.05, 0) is 92.4 Å². The van der Waals surface area contributed by atoms with Crippen molar-refractivity contribution in [3.63, 3.8) is 0 Å². The summed E-state index contributed by atoms with van der Waals surface area (Å²) in [5.41, 5.74) is 2.90. The number of nitrogens with one attached hydrogen (secondary N) is 2. The number of rotatable bonds is 8. The Hall–Kier alpha value is -2.62. The molecule has 0 aliphatic heterocycles. The van der Waals surface area contributed by atoms with Crippen LogP contribution in [0.3, 0.4) is 0 Å². The molecular formula is C28H34N2O2. The van der Waals surface area contributed by atoms with Gasteiger partial charge in [-0.1, -0.05) is 42.5 Å². The zero-order chi connectivity index (χ0) is 22.0. The van der Waals surface area contributed by atoms with Crippen molar-refractivity contribution in [3.8, 4) is 0 Å². The Kier molecular flexibility index (Phi) is 6.03. The van der Waals surface area contributed by atoms with E-state index in [1.807, 2.05) is 42.5 Å². The van der Waals surface area contributed by atoms with Crippen molar-refractivity contribution in [3.05, 3.63) is 71.3 Å². The molecule has 0 atom stereocenters. The summed E-state index contributed by atoms with van der Waals surface area (Å²) in [4.78, 5) is 25.5. The van der Waals surface area contributed by atoms with E-state index in [2.05, 4.69) is 22.8 Å². The van der Waals surface area contributed by atoms with Crippen LogP contribution in [0.25, 0.3) is 0 Å². The van der Waals surface area contributed by atoms with E-state index in [1.54, 1.807) is 0 Å². The number of benzene rings is 2. The van der Waals surface area contributed by atoms with Crippen LogP contribution in [0.15, 0.2) is 54.6 Å². The Labute approximate surface area is 191 Å². The first-order valence-electron chi connectivity index (χ1n) is 12.3. The Balaban J connectivity index is 1.08. The zero-order valence-electron chi connectivity index (χ0n) is 18.8. The fourth-order valence-corrected chi connectivity index (χ4v) is 6.77. The molecule has 0 aromatic heterocycles. The van der Waals surface area contributed by atoms with Crippen molar-refractivity contribution in [2.45, 2.75) is 57.9 Å². The molecule has 4 aliphatic rings. The summed E-state index contributed by atoms with van der Waals surface area (Å²) in [6.07, 6.45) is 9.21. The second kappa shape index (κ2) is 9.09. The maximum atomic E-state index is 13.1. The molecule has 4 saturated carbocycles. The van der Waals surface area contributed by atoms with Gasteiger partial charge in [0.15, 0.2) is 0 Å². The van der Waals surface area contributed by atoms with E-state index in [9.17, 15) is 9.59 Å². The third-order valence-electron chi connectivity index (χ3n) is 7.96. The predicted molar refractivity (Wildman–Crippen MR) is 126 cm³/mol. The van der Waals surface area contributed by atoms with Gasteiger partial charge in [0, 0.05) is 24.1 Å². The van der Waals surface area contributed by atoms with Gasteiger partial charge >= 0.3 is 0 Å². The summed E-state index contributed by atoms with van der Waals surface area (Å²) in [5, 5.41) is 6.23. The van der Waals surface area contributed by atoms with Crippen LogP contribution >= 0.6 is 0 Å². The monoisotopic (exact) mass is 430 g/mol. The number of hydrogen-bond acceptors (Lipinski definition) is 2. The van der Waals surface area contributed by atoms with E-state index < -0.39 is 0 Å². The Morgan fingerprint density at radius 2 is 1.41 bits per heavy atom. The molecule has 0 saturated heterocycles. The molecule has 168 valence electrons. The standard InChI is InChI=1S/C28H34N2O2/c31-26(29-12-4-7-20-5-2-1-3-6-20)25-10-8-21(9-11-25)19-30-27(32)28-16-22-13-23(17-28)15-24(14-22)18-28/h1-3,5-6,8-11,22-24H,4,7,12-19H2,(H,29,31)(H,30,32). The van der Waals surface area contributed by atoms with Gasteiger partial charge in [0.1, 0.15) is 0 Å². The van der Waals surface area contributed by atoms with Crippen molar-refractivity contribution in [1.29, 1.82) is 0 Å². The topological polar surface area (TPSA) is 58.2 Å². The number of amides is 2. The van der Waals surface area contributed by atoms with E-state index in [0.717, 1.165) is 55.4 Å². The highest BCUT2D eigenvalue weighted by molar-refractivity contribution is 5.94. The van der Waals surface area contributed by atoms with E-state index in [0.29, 0.717) is 18.7 Å². The molecule has 2 N–H and O–H groups in total. The SMILES string of the molecule is O=C(NCCCc1ccccc1)c1ccc(CNC(=O)C23CC4CC(CC(C4)C2)C3)cc1. The van der Waals surface area contributed by atoms with E-state index in [-0.39, 0.29) is 17.2 Å². The molecule has 2 amide bonds. The molecule has 0 heterocycles. The minimum Gasteiger partial charge on any atom is -0.352 e. The maximum Gasteiger partial charge on any atom is 0.251 e. The number of aryl methyl sites for hydroxylation is 1. The van der Waals surface area contributed by atoms with Crippen molar-refractivity contribution in [2.75, 3.05) is 6.54 Å². The van der Waals surface area contributed by atoms with Gasteiger partial charge < -0.3 is 10.6 Å². The Morgan fingerprint density at radius 3 is 2.03 bits per heavy atom. The fourth-order valence-electron chi connectivity index (χ4n) is 6.77. The zero-order valence-corrected chi connectivity index (χ0v) is 18.8. The lowest BCUT2D eigenvalue weighted by atomic mass is 9.49. The lowest BCUT2D eigenvalue weighted by Gasteiger charge is -2.55. The highest BCUT2D eigenvalue weighted by Gasteiger charge is 2.54. The molecule has 4 heteroatoms. The number of hydrogen-bond donors (Lipinski definition) is 2. The van der Waals surface area contributed by atoms with Gasteiger partial charge in [-0.2, -0.15) is 0 Å². The van der Waals surface area contributed by atoms with Crippen LogP contribution in [0.1, 0.15) is 66.4 Å². The van der Waals surface area contributed by atoms with Gasteiger partial charge in [0.2, 0.25) is 5.91 Å². The van der Waals surface area contributed by atoms with Crippen LogP contribution < -0.4 is 10.6 Å². The summed E-state index contributed by atoms with van der Waals surface area (Å²) in [6.45, 7) is 1.20. The van der Waals surface area contributed by atoms with Crippen molar-refractivity contribution < 1.29 is 9.59 Å². The Morgan fingerprint density at radius 1 is 0.781 bits per heavy atom. The molecule has 4 aliphatic carbocycles. The van der Waals surface area contributed by atoms with Gasteiger partial charge in [0.05, 0.1) is 0 Å². The number of carbonyl (C=O) groups excluding carboxylic acids is 2. The number of carbonyl (C=O) groups is 2. The molecule has 2 aromatic rings. The van der Waals surface area contributed by atoms with Crippen LogP contribution in [-0.4, -0.2) is 18.4 Å². The molecular weight excluding hydrogens is 396 g/mol. The third-order valence-corrected chi connectivity index (χ3v) is 7.96. The highest BCUT2D eigenvalue weighted by atomic mass is 16.2. The van der Waals surface area contributed by atoms with E-state index >= 15 is 0 Å². The van der Waals surface area contributed by atoms with Gasteiger partial charge in [-0.15, -0.1) is 0 Å². The summed E-state index contributed by atoms with van der Waals surface area (Å²) in [7, 11) is 0. The second-order valence-electron chi connectivity index (χ2n) is 10.4. The van der Waals surface area contributed by atoms with Crippen LogP contribution in [0, 0.1) is 23.2 Å². The van der Waals surface area contributed by atoms with E-state index in [4.69, 9.17) is 0 Å². The molecule has 4 nitrogen and oxygen atoms in total. The summed E-state index contributed by atoms with van der Waals surface area (Å²) >= 11 is 0. The van der Waals surface area contributed by atoms with Crippen LogP contribution in [-0.2, 0) is 17.8 Å². The molecule has 0 spiro atoms. The Bertz CT molecular complexity index is 916. The largest absolute Gasteiger partial charge is 0.352 e. The average Bonchev–Trinajstić information content (AvgIpc) is 2.80. The summed E-state index contributed by atoms with van der Waals surface area (Å²) in [5.74, 6) is 2.55. The van der Waals surface area contributed by atoms with Gasteiger partial charge in [0.25, 0.3) is 5.91 Å². The fraction of sp³-hybridized carbons (Fsp3) is 0.500. The van der Waals surface area contributed by atoms with Crippen LogP contribution in [0.2, 0.25) is 0 Å². The summed E-state index contributed by atoms with van der Waals surface area (Å²) < 4.78 is 0. The molecule has 2 aromatic carbocycles. The minimum atomic E-state index is -0.103.